The summed E-state index contributed by atoms with van der Waals surface area (Å²) in [5, 5.41) is 3.43. The number of carbonyl (C=O) groups is 2. The quantitative estimate of drug-likeness (QED) is 0.577. The molecule has 7 nitrogen and oxygen atoms in total. The molecule has 0 saturated heterocycles. The van der Waals surface area contributed by atoms with Crippen LogP contribution in [0.5, 0.6) is 0 Å². The molecule has 0 aromatic heterocycles. The third kappa shape index (κ3) is 4.83. The normalized spacial score (nSPS) is 16.4. The summed E-state index contributed by atoms with van der Waals surface area (Å²) in [6.07, 6.45) is -0.403. The molecule has 0 fully saturated rings. The van der Waals surface area contributed by atoms with Crippen molar-refractivity contribution >= 4 is 23.9 Å². The van der Waals surface area contributed by atoms with E-state index in [0.29, 0.717) is 22.0 Å². The summed E-state index contributed by atoms with van der Waals surface area (Å²) < 4.78 is 20.2. The molecular weight excluding hydrogens is 374 g/mol. The van der Waals surface area contributed by atoms with Gasteiger partial charge in [-0.25, -0.2) is 9.59 Å². The van der Waals surface area contributed by atoms with Crippen molar-refractivity contribution < 1.29 is 28.5 Å². The van der Waals surface area contributed by atoms with Crippen molar-refractivity contribution in [3.05, 3.63) is 70.4 Å². The van der Waals surface area contributed by atoms with E-state index in [1.54, 1.807) is 38.1 Å². The average Bonchev–Trinajstić information content (AvgIpc) is 2.64. The molecule has 0 spiro atoms. The van der Waals surface area contributed by atoms with Crippen LogP contribution in [0.2, 0.25) is 5.02 Å². The number of benzene rings is 1. The number of allylic oxidation sites excluding steroid dienone is 2. The highest BCUT2D eigenvalue weighted by atomic mass is 35.5. The number of hydrogen-bond acceptors (Lipinski definition) is 7. The van der Waals surface area contributed by atoms with Gasteiger partial charge in [0.05, 0.1) is 18.5 Å². The van der Waals surface area contributed by atoms with Gasteiger partial charge in [-0.2, -0.15) is 0 Å². The number of rotatable bonds is 5. The van der Waals surface area contributed by atoms with Gasteiger partial charge in [0.15, 0.2) is 0 Å². The van der Waals surface area contributed by atoms with Crippen molar-refractivity contribution in [2.45, 2.75) is 19.8 Å². The standard InChI is InChI=1S/C19H20ClNO6/c1-5-10-25-19(23)27-17-12(3)21-11(2)16(26-18(22)24-4)15(17)13-8-6-7-9-14(13)20/h5-9,15,21H,1,10H2,2-4H3. The Labute approximate surface area is 162 Å². The number of methoxy groups -OCH3 is 1. The van der Waals surface area contributed by atoms with Crippen LogP contribution in [0.1, 0.15) is 25.3 Å². The van der Waals surface area contributed by atoms with Gasteiger partial charge in [-0.15, -0.1) is 0 Å². The number of halogens is 1. The molecule has 2 rings (SSSR count). The minimum absolute atomic E-state index is 0.00423. The predicted molar refractivity (Wildman–Crippen MR) is 98.8 cm³/mol. The Morgan fingerprint density at radius 3 is 2.30 bits per heavy atom. The fraction of sp³-hybridized carbons (Fsp3) is 0.263. The summed E-state index contributed by atoms with van der Waals surface area (Å²) in [7, 11) is 1.20. The van der Waals surface area contributed by atoms with Gasteiger partial charge in [0.25, 0.3) is 0 Å². The Hall–Kier alpha value is -2.93. The van der Waals surface area contributed by atoms with E-state index in [2.05, 4.69) is 16.6 Å². The summed E-state index contributed by atoms with van der Waals surface area (Å²) in [6, 6.07) is 6.97. The van der Waals surface area contributed by atoms with Crippen molar-refractivity contribution in [2.24, 2.45) is 0 Å². The van der Waals surface area contributed by atoms with Gasteiger partial charge >= 0.3 is 12.3 Å². The summed E-state index contributed by atoms with van der Waals surface area (Å²) in [4.78, 5) is 23.7. The van der Waals surface area contributed by atoms with E-state index >= 15 is 0 Å². The van der Waals surface area contributed by atoms with Crippen LogP contribution >= 0.6 is 11.6 Å². The molecule has 0 aliphatic carbocycles. The molecule has 1 atom stereocenters. The molecular formula is C19H20ClNO6. The molecule has 1 heterocycles. The Morgan fingerprint density at radius 1 is 1.15 bits per heavy atom. The Bertz CT molecular complexity index is 814. The van der Waals surface area contributed by atoms with Gasteiger partial charge in [-0.1, -0.05) is 42.5 Å². The molecule has 1 aromatic rings. The second-order valence-corrected chi connectivity index (χ2v) is 5.97. The Kier molecular flexibility index (Phi) is 6.90. The van der Waals surface area contributed by atoms with Crippen LogP contribution in [-0.4, -0.2) is 26.0 Å². The summed E-state index contributed by atoms with van der Waals surface area (Å²) in [5.41, 5.74) is 1.68. The number of ether oxygens (including phenoxy) is 4. The first-order valence-electron chi connectivity index (χ1n) is 8.03. The second-order valence-electron chi connectivity index (χ2n) is 5.57. The summed E-state index contributed by atoms with van der Waals surface area (Å²) >= 11 is 6.35. The molecule has 27 heavy (non-hydrogen) atoms. The average molecular weight is 394 g/mol. The number of hydrogen-bond donors (Lipinski definition) is 1. The zero-order valence-electron chi connectivity index (χ0n) is 15.2. The predicted octanol–water partition coefficient (Wildman–Crippen LogP) is 4.61. The lowest BCUT2D eigenvalue weighted by Crippen LogP contribution is -2.29. The molecule has 1 aliphatic heterocycles. The van der Waals surface area contributed by atoms with E-state index in [9.17, 15) is 9.59 Å². The van der Waals surface area contributed by atoms with Gasteiger partial charge in [0, 0.05) is 5.02 Å². The highest BCUT2D eigenvalue weighted by Crippen LogP contribution is 2.41. The van der Waals surface area contributed by atoms with Crippen molar-refractivity contribution in [1.29, 1.82) is 0 Å². The first-order valence-corrected chi connectivity index (χ1v) is 8.41. The second kappa shape index (κ2) is 9.14. The zero-order chi connectivity index (χ0) is 20.0. The maximum Gasteiger partial charge on any atom is 0.513 e. The van der Waals surface area contributed by atoms with Crippen molar-refractivity contribution in [1.82, 2.24) is 5.32 Å². The van der Waals surface area contributed by atoms with E-state index in [0.717, 1.165) is 0 Å². The van der Waals surface area contributed by atoms with E-state index in [1.807, 2.05) is 0 Å². The van der Waals surface area contributed by atoms with Crippen molar-refractivity contribution in [3.8, 4) is 0 Å². The van der Waals surface area contributed by atoms with Gasteiger partial charge in [0.2, 0.25) is 0 Å². The number of nitrogens with one attached hydrogen (secondary N) is 1. The lowest BCUT2D eigenvalue weighted by molar-refractivity contribution is 0.0728. The molecule has 8 heteroatoms. The minimum Gasteiger partial charge on any atom is -0.437 e. The molecule has 0 bridgehead atoms. The molecule has 0 amide bonds. The number of dihydropyridines is 1. The topological polar surface area (TPSA) is 83.1 Å². The van der Waals surface area contributed by atoms with Gasteiger partial charge in [0.1, 0.15) is 24.0 Å². The molecule has 0 saturated carbocycles. The van der Waals surface area contributed by atoms with E-state index in [-0.39, 0.29) is 18.1 Å². The Morgan fingerprint density at radius 2 is 1.74 bits per heavy atom. The lowest BCUT2D eigenvalue weighted by Gasteiger charge is -2.30. The summed E-state index contributed by atoms with van der Waals surface area (Å²) in [6.45, 7) is 6.92. The van der Waals surface area contributed by atoms with Gasteiger partial charge in [-0.05, 0) is 25.5 Å². The zero-order valence-corrected chi connectivity index (χ0v) is 16.0. The molecule has 0 radical (unpaired) electrons. The van der Waals surface area contributed by atoms with E-state index < -0.39 is 18.2 Å². The van der Waals surface area contributed by atoms with Crippen molar-refractivity contribution in [2.75, 3.05) is 13.7 Å². The van der Waals surface area contributed by atoms with Gasteiger partial charge < -0.3 is 24.3 Å². The maximum absolute atomic E-state index is 12.0. The SMILES string of the molecule is C=CCOC(=O)OC1=C(C)NC(C)=C(OC(=O)OC)C1c1ccccc1Cl. The van der Waals surface area contributed by atoms with Gasteiger partial charge in [-0.3, -0.25) is 0 Å². The number of carbonyl (C=O) groups excluding carboxylic acids is 2. The third-order valence-corrected chi connectivity index (χ3v) is 4.07. The minimum atomic E-state index is -0.917. The third-order valence-electron chi connectivity index (χ3n) is 3.73. The van der Waals surface area contributed by atoms with Crippen LogP contribution in [0.25, 0.3) is 0 Å². The van der Waals surface area contributed by atoms with Crippen LogP contribution in [0, 0.1) is 0 Å². The Balaban J connectivity index is 2.50. The lowest BCUT2D eigenvalue weighted by atomic mass is 9.90. The van der Waals surface area contributed by atoms with Crippen LogP contribution in [0.3, 0.4) is 0 Å². The van der Waals surface area contributed by atoms with E-state index in [4.69, 9.17) is 25.8 Å². The van der Waals surface area contributed by atoms with Crippen LogP contribution in [0.15, 0.2) is 59.8 Å². The molecule has 1 unspecified atom stereocenters. The van der Waals surface area contributed by atoms with E-state index in [1.165, 1.54) is 13.2 Å². The fourth-order valence-electron chi connectivity index (χ4n) is 2.60. The largest absolute Gasteiger partial charge is 0.513 e. The first-order chi connectivity index (χ1) is 12.9. The molecule has 144 valence electrons. The fourth-order valence-corrected chi connectivity index (χ4v) is 2.84. The highest BCUT2D eigenvalue weighted by molar-refractivity contribution is 6.31. The molecule has 1 aliphatic rings. The van der Waals surface area contributed by atoms with Crippen molar-refractivity contribution in [3.63, 3.8) is 0 Å². The molecule has 1 N–H and O–H groups in total. The maximum atomic E-state index is 12.0. The van der Waals surface area contributed by atoms with Crippen LogP contribution < -0.4 is 5.32 Å². The van der Waals surface area contributed by atoms with Crippen LogP contribution in [0.4, 0.5) is 9.59 Å². The molecule has 1 aromatic carbocycles. The first kappa shape index (κ1) is 20.4. The van der Waals surface area contributed by atoms with Crippen LogP contribution in [-0.2, 0) is 18.9 Å². The highest BCUT2D eigenvalue weighted by Gasteiger charge is 2.36. The monoisotopic (exact) mass is 393 g/mol. The smallest absolute Gasteiger partial charge is 0.437 e. The summed E-state index contributed by atoms with van der Waals surface area (Å²) in [5.74, 6) is -0.357.